The van der Waals surface area contributed by atoms with Crippen molar-refractivity contribution in [3.8, 4) is 0 Å². The minimum absolute atomic E-state index is 0.138. The Bertz CT molecular complexity index is 1400. The molecule has 66 heavy (non-hydrogen) atoms. The van der Waals surface area contributed by atoms with Gasteiger partial charge in [0.05, 0.1) is 6.61 Å². The molecule has 0 aliphatic carbocycles. The maximum absolute atomic E-state index is 12.9. The van der Waals surface area contributed by atoms with Gasteiger partial charge in [-0.25, -0.2) is 0 Å². The predicted molar refractivity (Wildman–Crippen MR) is 266 cm³/mol. The molecule has 0 aromatic carbocycles. The van der Waals surface area contributed by atoms with Gasteiger partial charge < -0.3 is 34.3 Å². The van der Waals surface area contributed by atoms with Gasteiger partial charge in [0.25, 0.3) is 10.1 Å². The zero-order chi connectivity index (χ0) is 48.4. The van der Waals surface area contributed by atoms with E-state index in [0.29, 0.717) is 12.8 Å². The number of rotatable bonds is 44. The van der Waals surface area contributed by atoms with Crippen LogP contribution in [0.5, 0.6) is 0 Å². The summed E-state index contributed by atoms with van der Waals surface area (Å²) in [6.45, 7) is 3.73. The second kappa shape index (κ2) is 42.7. The zero-order valence-corrected chi connectivity index (χ0v) is 42.1. The third-order valence-electron chi connectivity index (χ3n) is 11.9. The van der Waals surface area contributed by atoms with Crippen molar-refractivity contribution < 1.29 is 56.8 Å². The number of hydrogen-bond acceptors (Lipinski definition) is 11. The average Bonchev–Trinajstić information content (AvgIpc) is 3.28. The van der Waals surface area contributed by atoms with Crippen molar-refractivity contribution in [2.75, 3.05) is 19.0 Å². The fourth-order valence-corrected chi connectivity index (χ4v) is 8.49. The van der Waals surface area contributed by atoms with Gasteiger partial charge in [0.1, 0.15) is 36.8 Å². The maximum Gasteiger partial charge on any atom is 0.306 e. The van der Waals surface area contributed by atoms with E-state index >= 15 is 0 Å². The van der Waals surface area contributed by atoms with Crippen LogP contribution in [-0.4, -0.2) is 96.0 Å². The van der Waals surface area contributed by atoms with Gasteiger partial charge in [-0.05, 0) is 77.0 Å². The van der Waals surface area contributed by atoms with Crippen molar-refractivity contribution >= 4 is 22.1 Å². The van der Waals surface area contributed by atoms with Gasteiger partial charge in [-0.1, -0.05) is 178 Å². The van der Waals surface area contributed by atoms with Crippen LogP contribution in [0, 0.1) is 0 Å². The Morgan fingerprint density at radius 2 is 0.909 bits per heavy atom. The fraction of sp³-hybridized carbons (Fsp3) is 0.811. The zero-order valence-electron chi connectivity index (χ0n) is 41.3. The Hall–Kier alpha value is -2.39. The maximum atomic E-state index is 12.9. The van der Waals surface area contributed by atoms with Gasteiger partial charge in [0.15, 0.2) is 12.4 Å². The highest BCUT2D eigenvalue weighted by Gasteiger charge is 2.46. The molecule has 1 aliphatic rings. The SMILES string of the molecule is CCCCC/C=C/C/C=C/C/C=C/CCCCCCC(=O)O[C@H](COC(=O)CCCCCCCCCCCCC/C=C/CCCCCCCC)CO[C@H]1O[C@H](CS(=O)(=O)O)[C@@H](O)C(O)C1O. The predicted octanol–water partition coefficient (Wildman–Crippen LogP) is 11.9. The van der Waals surface area contributed by atoms with Gasteiger partial charge >= 0.3 is 11.9 Å². The molecule has 0 aromatic rings. The van der Waals surface area contributed by atoms with E-state index in [1.165, 1.54) is 116 Å². The summed E-state index contributed by atoms with van der Waals surface area (Å²) in [5.74, 6) is -2.01. The van der Waals surface area contributed by atoms with E-state index in [1.807, 2.05) is 0 Å². The molecule has 0 amide bonds. The summed E-state index contributed by atoms with van der Waals surface area (Å²) in [5.41, 5.74) is 0. The molecule has 1 heterocycles. The van der Waals surface area contributed by atoms with Crippen LogP contribution < -0.4 is 0 Å². The van der Waals surface area contributed by atoms with Gasteiger partial charge in [-0.2, -0.15) is 8.42 Å². The van der Waals surface area contributed by atoms with E-state index in [0.717, 1.165) is 64.2 Å². The lowest BCUT2D eigenvalue weighted by molar-refractivity contribution is -0.297. The Labute approximate surface area is 401 Å². The van der Waals surface area contributed by atoms with Crippen molar-refractivity contribution in [3.63, 3.8) is 0 Å². The van der Waals surface area contributed by atoms with Crippen LogP contribution in [0.25, 0.3) is 0 Å². The third-order valence-corrected chi connectivity index (χ3v) is 12.6. The van der Waals surface area contributed by atoms with Crippen LogP contribution in [0.4, 0.5) is 0 Å². The fourth-order valence-electron chi connectivity index (χ4n) is 7.80. The first-order valence-corrected chi connectivity index (χ1v) is 27.8. The molecule has 1 rings (SSSR count). The minimum Gasteiger partial charge on any atom is -0.462 e. The molecule has 0 spiro atoms. The van der Waals surface area contributed by atoms with Crippen molar-refractivity contribution in [2.45, 2.75) is 256 Å². The highest BCUT2D eigenvalue weighted by molar-refractivity contribution is 7.85. The molecule has 12 nitrogen and oxygen atoms in total. The number of aliphatic hydroxyl groups excluding tert-OH is 3. The number of unbranched alkanes of at least 4 members (excludes halogenated alkanes) is 24. The van der Waals surface area contributed by atoms with Crippen molar-refractivity contribution in [2.24, 2.45) is 0 Å². The normalized spacial score (nSPS) is 19.8. The number of carbonyl (C=O) groups excluding carboxylic acids is 2. The topological polar surface area (TPSA) is 186 Å². The minimum atomic E-state index is -4.61. The summed E-state index contributed by atoms with van der Waals surface area (Å²) in [6, 6.07) is 0. The first kappa shape index (κ1) is 61.6. The van der Waals surface area contributed by atoms with E-state index in [2.05, 4.69) is 62.5 Å². The van der Waals surface area contributed by atoms with Crippen LogP contribution in [-0.2, 0) is 38.7 Å². The second-order valence-corrected chi connectivity index (χ2v) is 19.7. The highest BCUT2D eigenvalue weighted by atomic mass is 32.2. The monoisotopic (exact) mass is 955 g/mol. The molecule has 1 saturated heterocycles. The van der Waals surface area contributed by atoms with Crippen molar-refractivity contribution in [3.05, 3.63) is 48.6 Å². The van der Waals surface area contributed by atoms with Crippen LogP contribution >= 0.6 is 0 Å². The van der Waals surface area contributed by atoms with Gasteiger partial charge in [0, 0.05) is 12.8 Å². The number of esters is 2. The van der Waals surface area contributed by atoms with Gasteiger partial charge in [-0.15, -0.1) is 0 Å². The molecule has 0 saturated carbocycles. The van der Waals surface area contributed by atoms with Crippen molar-refractivity contribution in [1.29, 1.82) is 0 Å². The van der Waals surface area contributed by atoms with E-state index in [1.54, 1.807) is 0 Å². The summed E-state index contributed by atoms with van der Waals surface area (Å²) < 4.78 is 54.2. The molecule has 1 fully saturated rings. The van der Waals surface area contributed by atoms with E-state index < -0.39 is 71.2 Å². The molecule has 384 valence electrons. The second-order valence-electron chi connectivity index (χ2n) is 18.2. The molecule has 0 radical (unpaired) electrons. The Kier molecular flexibility index (Phi) is 39.9. The number of hydrogen-bond donors (Lipinski definition) is 4. The lowest BCUT2D eigenvalue weighted by atomic mass is 10.00. The molecule has 2 unspecified atom stereocenters. The van der Waals surface area contributed by atoms with E-state index in [-0.39, 0.29) is 19.4 Å². The van der Waals surface area contributed by atoms with Crippen LogP contribution in [0.1, 0.15) is 219 Å². The standard InChI is InChI=1S/C53H94O12S/c1-3-5-7-9-11-13-15-17-19-21-22-23-24-26-27-29-31-33-35-37-39-41-48(54)62-43-46(44-63-53-52(58)51(57)50(56)47(65-53)45-66(59,60)61)64-49(55)42-40-38-36-34-32-30-28-25-20-18-16-14-12-10-8-6-4-2/h12,14,17-20,28,30,46-47,50-53,56-58H,3-11,13,15-16,21-27,29,31-45H2,1-2H3,(H,59,60,61)/b14-12+,19-17+,20-18+,30-28+/t46-,47-,50-,51?,52?,53+/m1/s1. The first-order valence-electron chi connectivity index (χ1n) is 26.2. The molecule has 4 N–H and O–H groups in total. The van der Waals surface area contributed by atoms with Crippen LogP contribution in [0.2, 0.25) is 0 Å². The molecule has 1 aliphatic heterocycles. The Morgan fingerprint density at radius 3 is 1.39 bits per heavy atom. The smallest absolute Gasteiger partial charge is 0.306 e. The van der Waals surface area contributed by atoms with Crippen molar-refractivity contribution in [1.82, 2.24) is 0 Å². The first-order chi connectivity index (χ1) is 32.0. The summed E-state index contributed by atoms with van der Waals surface area (Å²) in [6.07, 6.45) is 42.9. The summed E-state index contributed by atoms with van der Waals surface area (Å²) >= 11 is 0. The van der Waals surface area contributed by atoms with Gasteiger partial charge in [0.2, 0.25) is 0 Å². The molecule has 0 aromatic heterocycles. The molecular weight excluding hydrogens is 861 g/mol. The number of aliphatic hydroxyl groups is 3. The molecule has 0 bridgehead atoms. The average molecular weight is 955 g/mol. The quantitative estimate of drug-likeness (QED) is 0.0196. The number of allylic oxidation sites excluding steroid dienone is 8. The highest BCUT2D eigenvalue weighted by Crippen LogP contribution is 2.24. The largest absolute Gasteiger partial charge is 0.462 e. The van der Waals surface area contributed by atoms with E-state index in [4.69, 9.17) is 18.9 Å². The number of carbonyl (C=O) groups is 2. The molecule has 13 heteroatoms. The summed E-state index contributed by atoms with van der Waals surface area (Å²) in [5, 5.41) is 31.0. The third kappa shape index (κ3) is 36.6. The lowest BCUT2D eigenvalue weighted by Crippen LogP contribution is -2.60. The Balaban J connectivity index is 2.37. The van der Waals surface area contributed by atoms with Crippen LogP contribution in [0.15, 0.2) is 48.6 Å². The lowest BCUT2D eigenvalue weighted by Gasteiger charge is -2.40. The Morgan fingerprint density at radius 1 is 0.515 bits per heavy atom. The molecular formula is C53H94O12S. The van der Waals surface area contributed by atoms with Gasteiger partial charge in [-0.3, -0.25) is 14.1 Å². The number of ether oxygens (including phenoxy) is 4. The summed E-state index contributed by atoms with van der Waals surface area (Å²) in [7, 11) is -4.61. The van der Waals surface area contributed by atoms with E-state index in [9.17, 15) is 37.9 Å². The molecule has 6 atom stereocenters. The van der Waals surface area contributed by atoms with Crippen LogP contribution in [0.3, 0.4) is 0 Å². The summed E-state index contributed by atoms with van der Waals surface area (Å²) in [4.78, 5) is 25.5.